The highest BCUT2D eigenvalue weighted by Gasteiger charge is 2.38. The molecule has 0 bridgehead atoms. The second-order valence-corrected chi connectivity index (χ2v) is 10.8. The van der Waals surface area contributed by atoms with Gasteiger partial charge in [-0.1, -0.05) is 41.7 Å². The summed E-state index contributed by atoms with van der Waals surface area (Å²) in [5.41, 5.74) is 1.89. The normalized spacial score (nSPS) is 16.9. The first-order valence-electron chi connectivity index (χ1n) is 11.4. The summed E-state index contributed by atoms with van der Waals surface area (Å²) in [6, 6.07) is 14.7. The molecule has 8 nitrogen and oxygen atoms in total. The van der Waals surface area contributed by atoms with Crippen molar-refractivity contribution in [1.29, 1.82) is 0 Å². The zero-order valence-electron chi connectivity index (χ0n) is 19.1. The molecule has 1 saturated heterocycles. The number of fused-ring (bicyclic) bond motifs is 1. The Morgan fingerprint density at radius 3 is 2.79 bits per heavy atom. The standard InChI is InChI=1S/C24H29N3O5S2/c1-31-19-13-14-22-20(17-19)25-24(33-22)26-34(29,30)27-15-7-5-12-21(27)23(28)32-16-8-6-11-18-9-3-2-4-10-18/h2-4,9-10,13-14,17,21H,5-8,11-12,15-16H2,1H3,(H,25,26)/t21-/m0/s1. The fourth-order valence-electron chi connectivity index (χ4n) is 4.02. The van der Waals surface area contributed by atoms with Gasteiger partial charge in [-0.2, -0.15) is 12.7 Å². The average molecular weight is 504 g/mol. The molecule has 4 rings (SSSR count). The smallest absolute Gasteiger partial charge is 0.324 e. The number of carbonyl (C=O) groups is 1. The lowest BCUT2D eigenvalue weighted by Crippen LogP contribution is -2.50. The molecule has 0 amide bonds. The van der Waals surface area contributed by atoms with Crippen LogP contribution in [-0.4, -0.2) is 50.0 Å². The zero-order chi connectivity index (χ0) is 24.0. The molecule has 1 N–H and O–H groups in total. The number of anilines is 1. The summed E-state index contributed by atoms with van der Waals surface area (Å²) in [7, 11) is -2.40. The number of ether oxygens (including phenoxy) is 2. The van der Waals surface area contributed by atoms with E-state index < -0.39 is 22.2 Å². The molecule has 0 unspecified atom stereocenters. The van der Waals surface area contributed by atoms with Crippen molar-refractivity contribution >= 4 is 42.9 Å². The number of hydrogen-bond acceptors (Lipinski definition) is 7. The molecule has 2 heterocycles. The van der Waals surface area contributed by atoms with Crippen molar-refractivity contribution in [3.8, 4) is 5.75 Å². The van der Waals surface area contributed by atoms with Crippen LogP contribution in [0.2, 0.25) is 0 Å². The Labute approximate surface area is 204 Å². The van der Waals surface area contributed by atoms with Gasteiger partial charge in [0.1, 0.15) is 11.8 Å². The second kappa shape index (κ2) is 11.2. The number of esters is 1. The quantitative estimate of drug-likeness (QED) is 0.326. The monoisotopic (exact) mass is 503 g/mol. The van der Waals surface area contributed by atoms with E-state index in [4.69, 9.17) is 9.47 Å². The molecule has 10 heteroatoms. The van der Waals surface area contributed by atoms with Crippen LogP contribution in [0.25, 0.3) is 10.2 Å². The van der Waals surface area contributed by atoms with Gasteiger partial charge in [0.15, 0.2) is 5.13 Å². The zero-order valence-corrected chi connectivity index (χ0v) is 20.7. The van der Waals surface area contributed by atoms with E-state index in [2.05, 4.69) is 21.8 Å². The molecule has 0 spiro atoms. The number of piperidine rings is 1. The van der Waals surface area contributed by atoms with Crippen LogP contribution >= 0.6 is 11.3 Å². The first kappa shape index (κ1) is 24.4. The van der Waals surface area contributed by atoms with E-state index in [-0.39, 0.29) is 18.3 Å². The number of methoxy groups -OCH3 is 1. The van der Waals surface area contributed by atoms with Crippen LogP contribution < -0.4 is 9.46 Å². The number of unbranched alkanes of at least 4 members (excludes halogenated alkanes) is 1. The number of benzene rings is 2. The van der Waals surface area contributed by atoms with Gasteiger partial charge < -0.3 is 9.47 Å². The second-order valence-electron chi connectivity index (χ2n) is 8.19. The number of carbonyl (C=O) groups excluding carboxylic acids is 1. The third-order valence-electron chi connectivity index (χ3n) is 5.79. The average Bonchev–Trinajstić information content (AvgIpc) is 3.25. The van der Waals surface area contributed by atoms with Gasteiger partial charge in [-0.3, -0.25) is 4.79 Å². The third-order valence-corrected chi connectivity index (χ3v) is 8.38. The fourth-order valence-corrected chi connectivity index (χ4v) is 6.48. The number of aryl methyl sites for hydroxylation is 1. The maximum atomic E-state index is 13.2. The van der Waals surface area contributed by atoms with Gasteiger partial charge in [0, 0.05) is 12.6 Å². The lowest BCUT2D eigenvalue weighted by atomic mass is 10.1. The number of thiazole rings is 1. The molecule has 1 fully saturated rings. The summed E-state index contributed by atoms with van der Waals surface area (Å²) in [5, 5.41) is 0.252. The Bertz CT molecular complexity index is 1210. The number of aromatic nitrogens is 1. The van der Waals surface area contributed by atoms with Gasteiger partial charge in [-0.25, -0.2) is 9.71 Å². The molecule has 3 aromatic rings. The number of nitrogens with one attached hydrogen (secondary N) is 1. The minimum Gasteiger partial charge on any atom is -0.497 e. The Hall–Kier alpha value is -2.69. The Morgan fingerprint density at radius 2 is 2.00 bits per heavy atom. The minimum absolute atomic E-state index is 0.252. The van der Waals surface area contributed by atoms with Crippen molar-refractivity contribution in [2.45, 2.75) is 44.6 Å². The molecular formula is C24H29N3O5S2. The van der Waals surface area contributed by atoms with Crippen molar-refractivity contribution in [2.75, 3.05) is 25.0 Å². The minimum atomic E-state index is -3.97. The summed E-state index contributed by atoms with van der Waals surface area (Å²) in [5.74, 6) is 0.161. The molecule has 1 atom stereocenters. The van der Waals surface area contributed by atoms with E-state index in [0.29, 0.717) is 24.1 Å². The SMILES string of the molecule is COc1ccc2sc(NS(=O)(=O)N3CCCC[C@H]3C(=O)OCCCCc3ccccc3)nc2c1. The maximum Gasteiger partial charge on any atom is 0.324 e. The number of nitrogens with zero attached hydrogens (tertiary/aromatic N) is 2. The third kappa shape index (κ3) is 6.05. The van der Waals surface area contributed by atoms with E-state index in [1.165, 1.54) is 21.2 Å². The van der Waals surface area contributed by atoms with E-state index in [9.17, 15) is 13.2 Å². The van der Waals surface area contributed by atoms with E-state index in [0.717, 1.165) is 30.4 Å². The van der Waals surface area contributed by atoms with E-state index >= 15 is 0 Å². The molecule has 0 aliphatic carbocycles. The first-order chi connectivity index (χ1) is 16.5. The highest BCUT2D eigenvalue weighted by Crippen LogP contribution is 2.31. The van der Waals surface area contributed by atoms with Crippen LogP contribution in [-0.2, 0) is 26.2 Å². The lowest BCUT2D eigenvalue weighted by Gasteiger charge is -2.32. The molecular weight excluding hydrogens is 474 g/mol. The summed E-state index contributed by atoms with van der Waals surface area (Å²) in [6.45, 7) is 0.547. The molecule has 182 valence electrons. The summed E-state index contributed by atoms with van der Waals surface area (Å²) < 4.78 is 41.6. The highest BCUT2D eigenvalue weighted by molar-refractivity contribution is 7.90. The summed E-state index contributed by atoms with van der Waals surface area (Å²) in [4.78, 5) is 17.1. The number of rotatable bonds is 10. The van der Waals surface area contributed by atoms with E-state index in [1.54, 1.807) is 19.2 Å². The van der Waals surface area contributed by atoms with Gasteiger partial charge in [0.25, 0.3) is 0 Å². The van der Waals surface area contributed by atoms with Crippen LogP contribution in [0, 0.1) is 0 Å². The van der Waals surface area contributed by atoms with Crippen molar-refractivity contribution in [3.63, 3.8) is 0 Å². The largest absolute Gasteiger partial charge is 0.497 e. The van der Waals surface area contributed by atoms with Gasteiger partial charge >= 0.3 is 16.2 Å². The summed E-state index contributed by atoms with van der Waals surface area (Å²) >= 11 is 1.23. The fraction of sp³-hybridized carbons (Fsp3) is 0.417. The van der Waals surface area contributed by atoms with Crippen molar-refractivity contribution < 1.29 is 22.7 Å². The Balaban J connectivity index is 1.35. The van der Waals surface area contributed by atoms with Crippen LogP contribution in [0.15, 0.2) is 48.5 Å². The van der Waals surface area contributed by atoms with Crippen LogP contribution in [0.5, 0.6) is 5.75 Å². The molecule has 2 aromatic carbocycles. The number of hydrogen-bond donors (Lipinski definition) is 1. The predicted octanol–water partition coefficient (Wildman–Crippen LogP) is 4.38. The van der Waals surface area contributed by atoms with Gasteiger partial charge in [0.05, 0.1) is 23.9 Å². The predicted molar refractivity (Wildman–Crippen MR) is 133 cm³/mol. The van der Waals surface area contributed by atoms with Gasteiger partial charge in [-0.15, -0.1) is 0 Å². The Kier molecular flexibility index (Phi) is 8.02. The molecule has 0 radical (unpaired) electrons. The molecule has 34 heavy (non-hydrogen) atoms. The van der Waals surface area contributed by atoms with Crippen LogP contribution in [0.4, 0.5) is 5.13 Å². The van der Waals surface area contributed by atoms with Crippen molar-refractivity contribution in [3.05, 3.63) is 54.1 Å². The van der Waals surface area contributed by atoms with Crippen LogP contribution in [0.3, 0.4) is 0 Å². The van der Waals surface area contributed by atoms with Crippen molar-refractivity contribution in [2.24, 2.45) is 0 Å². The lowest BCUT2D eigenvalue weighted by molar-refractivity contribution is -0.149. The highest BCUT2D eigenvalue weighted by atomic mass is 32.2. The van der Waals surface area contributed by atoms with Gasteiger partial charge in [-0.05, 0) is 56.2 Å². The first-order valence-corrected chi connectivity index (χ1v) is 13.7. The molecule has 1 aliphatic rings. The summed E-state index contributed by atoms with van der Waals surface area (Å²) in [6.07, 6.45) is 4.46. The van der Waals surface area contributed by atoms with Crippen molar-refractivity contribution in [1.82, 2.24) is 9.29 Å². The molecule has 0 saturated carbocycles. The van der Waals surface area contributed by atoms with Gasteiger partial charge in [0.2, 0.25) is 0 Å². The molecule has 1 aromatic heterocycles. The Morgan fingerprint density at radius 1 is 1.18 bits per heavy atom. The van der Waals surface area contributed by atoms with E-state index in [1.807, 2.05) is 24.3 Å². The molecule has 1 aliphatic heterocycles. The maximum absolute atomic E-state index is 13.2. The topological polar surface area (TPSA) is 97.8 Å². The van der Waals surface area contributed by atoms with Crippen LogP contribution in [0.1, 0.15) is 37.7 Å².